The van der Waals surface area contributed by atoms with Crippen LogP contribution in [0.15, 0.2) is 42.5 Å². The molecule has 7 heteroatoms. The first-order chi connectivity index (χ1) is 10.9. The number of rotatable bonds is 5. The summed E-state index contributed by atoms with van der Waals surface area (Å²) in [6.07, 6.45) is 0. The van der Waals surface area contributed by atoms with Gasteiger partial charge in [0.2, 0.25) is 0 Å². The third-order valence-electron chi connectivity index (χ3n) is 3.11. The average Bonchev–Trinajstić information content (AvgIpc) is 2.46. The van der Waals surface area contributed by atoms with E-state index in [1.807, 2.05) is 0 Å². The van der Waals surface area contributed by atoms with E-state index in [1.54, 1.807) is 19.1 Å². The molecule has 0 radical (unpaired) electrons. The molecular weight excluding hydrogens is 331 g/mol. The molecule has 0 spiro atoms. The second-order valence-electron chi connectivity index (χ2n) is 4.77. The minimum Gasteiger partial charge on any atom is -0.435 e. The zero-order chi connectivity index (χ0) is 17.0. The number of carbonyl (C=O) groups excluding carboxylic acids is 1. The first-order valence-corrected chi connectivity index (χ1v) is 7.05. The van der Waals surface area contributed by atoms with Crippen molar-refractivity contribution in [1.82, 2.24) is 5.32 Å². The van der Waals surface area contributed by atoms with Gasteiger partial charge in [0.25, 0.3) is 5.91 Å². The Morgan fingerprint density at radius 3 is 2.61 bits per heavy atom. The summed E-state index contributed by atoms with van der Waals surface area (Å²) in [5.74, 6) is -1.04. The third kappa shape index (κ3) is 4.63. The van der Waals surface area contributed by atoms with Crippen LogP contribution in [0.5, 0.6) is 5.75 Å². The Balaban J connectivity index is 2.12. The SMILES string of the molecule is C[C@@H](NC(=O)c1ccc(F)cc1Cl)c1cccc(OC(F)F)c1. The number of hydrogen-bond donors (Lipinski definition) is 1. The summed E-state index contributed by atoms with van der Waals surface area (Å²) in [5.41, 5.74) is 0.703. The second kappa shape index (κ2) is 7.37. The highest BCUT2D eigenvalue weighted by atomic mass is 35.5. The first kappa shape index (κ1) is 17.1. The lowest BCUT2D eigenvalue weighted by Gasteiger charge is -2.16. The number of hydrogen-bond acceptors (Lipinski definition) is 2. The standard InChI is InChI=1S/C16H13ClF3NO2/c1-9(10-3-2-4-12(7-10)23-16(19)20)21-15(22)13-6-5-11(18)8-14(13)17/h2-9,16H,1H3,(H,21,22)/t9-/m1/s1. The fourth-order valence-electron chi connectivity index (χ4n) is 1.99. The molecule has 0 heterocycles. The largest absolute Gasteiger partial charge is 0.435 e. The van der Waals surface area contributed by atoms with E-state index in [0.717, 1.165) is 12.1 Å². The van der Waals surface area contributed by atoms with E-state index >= 15 is 0 Å². The van der Waals surface area contributed by atoms with Crippen molar-refractivity contribution in [2.75, 3.05) is 0 Å². The maximum absolute atomic E-state index is 13.0. The molecule has 0 bridgehead atoms. The number of alkyl halides is 2. The van der Waals surface area contributed by atoms with Crippen LogP contribution in [0.1, 0.15) is 28.9 Å². The van der Waals surface area contributed by atoms with E-state index in [0.29, 0.717) is 5.56 Å². The summed E-state index contributed by atoms with van der Waals surface area (Å²) >= 11 is 5.83. The zero-order valence-electron chi connectivity index (χ0n) is 12.0. The molecule has 0 aliphatic heterocycles. The quantitative estimate of drug-likeness (QED) is 0.863. The fourth-order valence-corrected chi connectivity index (χ4v) is 2.24. The Bertz CT molecular complexity index is 709. The van der Waals surface area contributed by atoms with Gasteiger partial charge < -0.3 is 10.1 Å². The summed E-state index contributed by atoms with van der Waals surface area (Å²) in [5, 5.41) is 2.65. The molecule has 0 fully saturated rings. The van der Waals surface area contributed by atoms with Crippen LogP contribution in [0, 0.1) is 5.82 Å². The number of amides is 1. The summed E-state index contributed by atoms with van der Waals surface area (Å²) < 4.78 is 41.8. The molecular formula is C16H13ClF3NO2. The van der Waals surface area contributed by atoms with Gasteiger partial charge in [-0.05, 0) is 42.8 Å². The van der Waals surface area contributed by atoms with Gasteiger partial charge in [-0.2, -0.15) is 8.78 Å². The first-order valence-electron chi connectivity index (χ1n) is 6.67. The van der Waals surface area contributed by atoms with Gasteiger partial charge in [0.1, 0.15) is 11.6 Å². The Kier molecular flexibility index (Phi) is 5.50. The molecule has 0 saturated carbocycles. The van der Waals surface area contributed by atoms with Crippen LogP contribution in [0.25, 0.3) is 0 Å². The summed E-state index contributed by atoms with van der Waals surface area (Å²) in [7, 11) is 0. The Hall–Kier alpha value is -2.21. The molecule has 1 amide bonds. The Morgan fingerprint density at radius 1 is 1.22 bits per heavy atom. The molecule has 122 valence electrons. The maximum atomic E-state index is 13.0. The highest BCUT2D eigenvalue weighted by molar-refractivity contribution is 6.33. The second-order valence-corrected chi connectivity index (χ2v) is 5.18. The van der Waals surface area contributed by atoms with Crippen LogP contribution in [-0.4, -0.2) is 12.5 Å². The number of carbonyl (C=O) groups is 1. The molecule has 0 saturated heterocycles. The van der Waals surface area contributed by atoms with Gasteiger partial charge in [-0.3, -0.25) is 4.79 Å². The van der Waals surface area contributed by atoms with Gasteiger partial charge in [-0.1, -0.05) is 23.7 Å². The monoisotopic (exact) mass is 343 g/mol. The lowest BCUT2D eigenvalue weighted by atomic mass is 10.1. The molecule has 2 rings (SSSR count). The van der Waals surface area contributed by atoms with Crippen molar-refractivity contribution in [3.63, 3.8) is 0 Å². The third-order valence-corrected chi connectivity index (χ3v) is 3.42. The number of nitrogens with one attached hydrogen (secondary N) is 1. The van der Waals surface area contributed by atoms with Crippen LogP contribution in [0.2, 0.25) is 5.02 Å². The van der Waals surface area contributed by atoms with Gasteiger partial charge in [-0.15, -0.1) is 0 Å². The van der Waals surface area contributed by atoms with Gasteiger partial charge in [0, 0.05) is 0 Å². The predicted molar refractivity (Wildman–Crippen MR) is 80.4 cm³/mol. The normalized spacial score (nSPS) is 12.1. The lowest BCUT2D eigenvalue weighted by Crippen LogP contribution is -2.27. The maximum Gasteiger partial charge on any atom is 0.387 e. The van der Waals surface area contributed by atoms with Gasteiger partial charge >= 0.3 is 6.61 Å². The molecule has 23 heavy (non-hydrogen) atoms. The molecule has 0 unspecified atom stereocenters. The minimum atomic E-state index is -2.92. The molecule has 2 aromatic rings. The van der Waals surface area contributed by atoms with Gasteiger partial charge in [0.05, 0.1) is 16.6 Å². The highest BCUT2D eigenvalue weighted by Gasteiger charge is 2.15. The van der Waals surface area contributed by atoms with E-state index in [9.17, 15) is 18.0 Å². The highest BCUT2D eigenvalue weighted by Crippen LogP contribution is 2.22. The minimum absolute atomic E-state index is 0.00147. The molecule has 0 aromatic heterocycles. The van der Waals surface area contributed by atoms with Crippen molar-refractivity contribution in [2.24, 2.45) is 0 Å². The fraction of sp³-hybridized carbons (Fsp3) is 0.188. The molecule has 0 aliphatic rings. The molecule has 3 nitrogen and oxygen atoms in total. The van der Waals surface area contributed by atoms with Crippen molar-refractivity contribution >= 4 is 17.5 Å². The van der Waals surface area contributed by atoms with E-state index in [1.165, 1.54) is 18.2 Å². The topological polar surface area (TPSA) is 38.3 Å². The van der Waals surface area contributed by atoms with Gasteiger partial charge in [-0.25, -0.2) is 4.39 Å². The van der Waals surface area contributed by atoms with Crippen LogP contribution < -0.4 is 10.1 Å². The summed E-state index contributed by atoms with van der Waals surface area (Å²) in [6.45, 7) is -1.25. The number of ether oxygens (including phenoxy) is 1. The van der Waals surface area contributed by atoms with Gasteiger partial charge in [0.15, 0.2) is 0 Å². The number of halogens is 4. The zero-order valence-corrected chi connectivity index (χ0v) is 12.8. The average molecular weight is 344 g/mol. The van der Waals surface area contributed by atoms with Crippen LogP contribution in [-0.2, 0) is 0 Å². The lowest BCUT2D eigenvalue weighted by molar-refractivity contribution is -0.0499. The Morgan fingerprint density at radius 2 is 1.96 bits per heavy atom. The summed E-state index contributed by atoms with van der Waals surface area (Å²) in [6, 6.07) is 8.96. The number of benzene rings is 2. The molecule has 0 aliphatic carbocycles. The van der Waals surface area contributed by atoms with Crippen LogP contribution in [0.3, 0.4) is 0 Å². The molecule has 1 N–H and O–H groups in total. The van der Waals surface area contributed by atoms with Crippen LogP contribution >= 0.6 is 11.6 Å². The smallest absolute Gasteiger partial charge is 0.387 e. The molecule has 2 aromatic carbocycles. The van der Waals surface area contributed by atoms with Crippen molar-refractivity contribution in [3.8, 4) is 5.75 Å². The van der Waals surface area contributed by atoms with E-state index in [-0.39, 0.29) is 16.3 Å². The van der Waals surface area contributed by atoms with Crippen molar-refractivity contribution in [2.45, 2.75) is 19.6 Å². The van der Waals surface area contributed by atoms with Crippen molar-refractivity contribution < 1.29 is 22.7 Å². The van der Waals surface area contributed by atoms with E-state index in [2.05, 4.69) is 10.1 Å². The van der Waals surface area contributed by atoms with Crippen molar-refractivity contribution in [1.29, 1.82) is 0 Å². The predicted octanol–water partition coefficient (Wildman–Crippen LogP) is 4.57. The van der Waals surface area contributed by atoms with E-state index < -0.39 is 24.4 Å². The van der Waals surface area contributed by atoms with E-state index in [4.69, 9.17) is 11.6 Å². The van der Waals surface area contributed by atoms with Crippen molar-refractivity contribution in [3.05, 3.63) is 64.4 Å². The molecule has 1 atom stereocenters. The summed E-state index contributed by atoms with van der Waals surface area (Å²) in [4.78, 5) is 12.2. The van der Waals surface area contributed by atoms with Crippen LogP contribution in [0.4, 0.5) is 13.2 Å². The Labute approximate surface area is 136 Å².